The van der Waals surface area contributed by atoms with E-state index in [9.17, 15) is 15.2 Å². The van der Waals surface area contributed by atoms with Crippen molar-refractivity contribution in [2.24, 2.45) is 0 Å². The monoisotopic (exact) mass is 231 g/mol. The van der Waals surface area contributed by atoms with Crippen LogP contribution in [0.4, 0.5) is 11.5 Å². The molecule has 2 aromatic rings. The Morgan fingerprint density at radius 3 is 2.71 bits per heavy atom. The topological polar surface area (TPSA) is 102 Å². The van der Waals surface area contributed by atoms with Gasteiger partial charge in [-0.2, -0.15) is 0 Å². The normalized spacial score (nSPS) is 10.1. The molecular weight excluding hydrogens is 222 g/mol. The zero-order valence-electron chi connectivity index (χ0n) is 8.70. The number of nitrogen functional groups attached to an aromatic ring is 1. The number of phenols is 1. The summed E-state index contributed by atoms with van der Waals surface area (Å²) in [4.78, 5) is 13.9. The average Bonchev–Trinajstić information content (AvgIpc) is 2.29. The van der Waals surface area contributed by atoms with E-state index in [0.29, 0.717) is 11.3 Å². The number of anilines is 1. The molecule has 0 atom stereocenters. The number of phenolic OH excluding ortho intramolecular Hbond substituents is 1. The fourth-order valence-electron chi connectivity index (χ4n) is 1.53. The van der Waals surface area contributed by atoms with Crippen molar-refractivity contribution in [3.8, 4) is 16.9 Å². The molecule has 0 saturated carbocycles. The average molecular weight is 231 g/mol. The van der Waals surface area contributed by atoms with Gasteiger partial charge < -0.3 is 21.0 Å². The third-order valence-corrected chi connectivity index (χ3v) is 2.27. The number of rotatable bonds is 2. The number of nitrogens with zero attached hydrogens (tertiary/aromatic N) is 2. The Kier molecular flexibility index (Phi) is 2.61. The first-order valence-electron chi connectivity index (χ1n) is 4.78. The van der Waals surface area contributed by atoms with E-state index in [4.69, 9.17) is 5.73 Å². The van der Waals surface area contributed by atoms with Crippen LogP contribution < -0.4 is 5.73 Å². The van der Waals surface area contributed by atoms with Crippen LogP contribution in [-0.2, 0) is 0 Å². The van der Waals surface area contributed by atoms with Gasteiger partial charge in [0.1, 0.15) is 11.9 Å². The van der Waals surface area contributed by atoms with Crippen LogP contribution in [0.5, 0.6) is 5.75 Å². The van der Waals surface area contributed by atoms with Gasteiger partial charge in [0.2, 0.25) is 0 Å². The third kappa shape index (κ3) is 2.00. The predicted octanol–water partition coefficient (Wildman–Crippen LogP) is 1.94. The maximum atomic E-state index is 10.8. The first-order chi connectivity index (χ1) is 8.09. The maximum Gasteiger partial charge on any atom is 0.371 e. The Morgan fingerprint density at radius 2 is 2.06 bits per heavy atom. The van der Waals surface area contributed by atoms with Crippen LogP contribution >= 0.6 is 0 Å². The predicted molar refractivity (Wildman–Crippen MR) is 62.4 cm³/mol. The van der Waals surface area contributed by atoms with Crippen LogP contribution in [0.25, 0.3) is 11.1 Å². The number of benzene rings is 1. The Hall–Kier alpha value is -2.63. The Morgan fingerprint density at radius 1 is 1.29 bits per heavy atom. The molecule has 3 N–H and O–H groups in total. The van der Waals surface area contributed by atoms with E-state index in [-0.39, 0.29) is 17.1 Å². The van der Waals surface area contributed by atoms with Crippen LogP contribution in [0, 0.1) is 10.1 Å². The summed E-state index contributed by atoms with van der Waals surface area (Å²) in [5.74, 6) is -0.409. The highest BCUT2D eigenvalue weighted by Gasteiger charge is 2.18. The summed E-state index contributed by atoms with van der Waals surface area (Å²) in [6.45, 7) is 0. The molecule has 2 rings (SSSR count). The lowest BCUT2D eigenvalue weighted by atomic mass is 10.1. The second-order valence-electron chi connectivity index (χ2n) is 3.41. The molecule has 1 aromatic heterocycles. The standard InChI is InChI=1S/C11H9N3O3/c12-7-3-4-8(10(15)6-7)9-2-1-5-13-11(9)14(16)17/h1-6,15H,12H2. The summed E-state index contributed by atoms with van der Waals surface area (Å²) in [7, 11) is 0. The lowest BCUT2D eigenvalue weighted by Crippen LogP contribution is -1.95. The van der Waals surface area contributed by atoms with E-state index < -0.39 is 4.92 Å². The molecule has 0 aliphatic carbocycles. The van der Waals surface area contributed by atoms with Gasteiger partial charge in [0.25, 0.3) is 0 Å². The number of hydrogen-bond donors (Lipinski definition) is 2. The number of nitrogens with two attached hydrogens (primary N) is 1. The molecule has 0 spiro atoms. The van der Waals surface area contributed by atoms with E-state index in [1.807, 2.05) is 0 Å². The van der Waals surface area contributed by atoms with Crippen molar-refractivity contribution in [2.45, 2.75) is 0 Å². The SMILES string of the molecule is Nc1ccc(-c2cccnc2[N+](=O)[O-])c(O)c1. The molecule has 0 fully saturated rings. The molecule has 6 nitrogen and oxygen atoms in total. The molecule has 17 heavy (non-hydrogen) atoms. The fraction of sp³-hybridized carbons (Fsp3) is 0. The fourth-order valence-corrected chi connectivity index (χ4v) is 1.53. The van der Waals surface area contributed by atoms with Crippen molar-refractivity contribution in [1.82, 2.24) is 4.98 Å². The lowest BCUT2D eigenvalue weighted by molar-refractivity contribution is -0.388. The van der Waals surface area contributed by atoms with Gasteiger partial charge in [0, 0.05) is 17.3 Å². The number of aromatic nitrogens is 1. The van der Waals surface area contributed by atoms with Crippen molar-refractivity contribution in [1.29, 1.82) is 0 Å². The molecule has 6 heteroatoms. The van der Waals surface area contributed by atoms with E-state index in [2.05, 4.69) is 4.98 Å². The molecule has 0 aliphatic rings. The molecule has 0 amide bonds. The van der Waals surface area contributed by atoms with Crippen LogP contribution in [0.3, 0.4) is 0 Å². The molecule has 0 saturated heterocycles. The Labute approximate surface area is 96.5 Å². The van der Waals surface area contributed by atoms with Crippen LogP contribution in [-0.4, -0.2) is 15.0 Å². The van der Waals surface area contributed by atoms with Gasteiger partial charge in [-0.3, -0.25) is 0 Å². The van der Waals surface area contributed by atoms with Gasteiger partial charge in [0.05, 0.1) is 5.56 Å². The molecule has 0 unspecified atom stereocenters. The maximum absolute atomic E-state index is 10.8. The minimum Gasteiger partial charge on any atom is -0.507 e. The molecule has 86 valence electrons. The van der Waals surface area contributed by atoms with Crippen LogP contribution in [0.1, 0.15) is 0 Å². The van der Waals surface area contributed by atoms with Gasteiger partial charge in [-0.25, -0.2) is 0 Å². The minimum atomic E-state index is -0.592. The minimum absolute atomic E-state index is 0.110. The number of nitro groups is 1. The number of hydrogen-bond acceptors (Lipinski definition) is 5. The van der Waals surface area contributed by atoms with E-state index in [1.165, 1.54) is 24.4 Å². The van der Waals surface area contributed by atoms with Crippen molar-refractivity contribution in [3.05, 3.63) is 46.6 Å². The van der Waals surface area contributed by atoms with Gasteiger partial charge in [-0.15, -0.1) is 0 Å². The Balaban J connectivity index is 2.64. The first kappa shape index (κ1) is 10.9. The van der Waals surface area contributed by atoms with Crippen molar-refractivity contribution in [2.75, 3.05) is 5.73 Å². The highest BCUT2D eigenvalue weighted by molar-refractivity contribution is 5.77. The number of aromatic hydroxyl groups is 1. The lowest BCUT2D eigenvalue weighted by Gasteiger charge is -2.05. The Bertz CT molecular complexity index is 584. The van der Waals surface area contributed by atoms with Crippen molar-refractivity contribution >= 4 is 11.5 Å². The quantitative estimate of drug-likeness (QED) is 0.467. The van der Waals surface area contributed by atoms with E-state index in [1.54, 1.807) is 12.1 Å². The molecule has 1 aromatic carbocycles. The highest BCUT2D eigenvalue weighted by atomic mass is 16.6. The van der Waals surface area contributed by atoms with Crippen LogP contribution in [0.15, 0.2) is 36.5 Å². The summed E-state index contributed by atoms with van der Waals surface area (Å²) in [5.41, 5.74) is 6.47. The smallest absolute Gasteiger partial charge is 0.371 e. The van der Waals surface area contributed by atoms with Gasteiger partial charge in [0.15, 0.2) is 0 Å². The molecule has 0 aliphatic heterocycles. The molecule has 1 heterocycles. The van der Waals surface area contributed by atoms with Crippen molar-refractivity contribution < 1.29 is 10.0 Å². The van der Waals surface area contributed by atoms with Gasteiger partial charge in [-0.05, 0) is 34.2 Å². The zero-order valence-corrected chi connectivity index (χ0v) is 8.70. The second kappa shape index (κ2) is 4.09. The summed E-state index contributed by atoms with van der Waals surface area (Å²) in [6, 6.07) is 7.51. The molecular formula is C11H9N3O3. The molecule has 0 radical (unpaired) electrons. The molecule has 0 bridgehead atoms. The number of pyridine rings is 1. The summed E-state index contributed by atoms with van der Waals surface area (Å²) in [5, 5.41) is 20.5. The largest absolute Gasteiger partial charge is 0.507 e. The van der Waals surface area contributed by atoms with E-state index in [0.717, 1.165) is 0 Å². The zero-order chi connectivity index (χ0) is 12.4. The second-order valence-corrected chi connectivity index (χ2v) is 3.41. The highest BCUT2D eigenvalue weighted by Crippen LogP contribution is 2.35. The summed E-state index contributed by atoms with van der Waals surface area (Å²) in [6.07, 6.45) is 1.33. The van der Waals surface area contributed by atoms with Gasteiger partial charge >= 0.3 is 5.82 Å². The van der Waals surface area contributed by atoms with Crippen LogP contribution in [0.2, 0.25) is 0 Å². The van der Waals surface area contributed by atoms with Gasteiger partial charge in [-0.1, -0.05) is 0 Å². The van der Waals surface area contributed by atoms with E-state index >= 15 is 0 Å². The summed E-state index contributed by atoms with van der Waals surface area (Å²) >= 11 is 0. The van der Waals surface area contributed by atoms with Crippen molar-refractivity contribution in [3.63, 3.8) is 0 Å². The summed E-state index contributed by atoms with van der Waals surface area (Å²) < 4.78 is 0. The third-order valence-electron chi connectivity index (χ3n) is 2.27. The first-order valence-corrected chi connectivity index (χ1v) is 4.78.